The molecule has 112 valence electrons. The zero-order valence-electron chi connectivity index (χ0n) is 10.9. The van der Waals surface area contributed by atoms with Crippen molar-refractivity contribution in [3.63, 3.8) is 0 Å². The van der Waals surface area contributed by atoms with E-state index in [2.05, 4.69) is 30.5 Å². The van der Waals surface area contributed by atoms with Crippen molar-refractivity contribution in [3.8, 4) is 0 Å². The van der Waals surface area contributed by atoms with E-state index in [-0.39, 0.29) is 10.9 Å². The summed E-state index contributed by atoms with van der Waals surface area (Å²) in [5.41, 5.74) is 0.451. The Morgan fingerprint density at radius 2 is 1.95 bits per heavy atom. The van der Waals surface area contributed by atoms with Gasteiger partial charge in [0.05, 0.1) is 10.6 Å². The van der Waals surface area contributed by atoms with Crippen LogP contribution >= 0.6 is 12.2 Å². The third-order valence-electron chi connectivity index (χ3n) is 2.79. The van der Waals surface area contributed by atoms with Crippen LogP contribution in [0.25, 0.3) is 0 Å². The molecule has 1 atom stereocenters. The number of guanidine groups is 1. The summed E-state index contributed by atoms with van der Waals surface area (Å²) in [6.45, 7) is 0. The highest BCUT2D eigenvalue weighted by Crippen LogP contribution is 2.17. The minimum absolute atomic E-state index is 0.00524. The van der Waals surface area contributed by atoms with Gasteiger partial charge in [-0.1, -0.05) is 12.2 Å². The van der Waals surface area contributed by atoms with Crippen LogP contribution in [0.5, 0.6) is 0 Å². The van der Waals surface area contributed by atoms with Crippen LogP contribution in [0.4, 0.5) is 5.69 Å². The lowest BCUT2D eigenvalue weighted by Gasteiger charge is -2.07. The third kappa shape index (κ3) is 2.95. The van der Waals surface area contributed by atoms with Crippen molar-refractivity contribution in [2.75, 3.05) is 0 Å². The molecule has 0 saturated carbocycles. The highest BCUT2D eigenvalue weighted by molar-refractivity contribution is 7.89. The molecular weight excluding hydrogens is 326 g/mol. The number of azo groups is 1. The van der Waals surface area contributed by atoms with Gasteiger partial charge in [-0.3, -0.25) is 0 Å². The van der Waals surface area contributed by atoms with E-state index in [1.54, 1.807) is 0 Å². The molecule has 11 heteroatoms. The van der Waals surface area contributed by atoms with E-state index in [0.29, 0.717) is 16.5 Å². The Kier molecular flexibility index (Phi) is 3.60. The molecule has 2 aliphatic heterocycles. The van der Waals surface area contributed by atoms with Crippen molar-refractivity contribution in [2.45, 2.75) is 10.9 Å². The molecule has 0 aromatic heterocycles. The normalized spacial score (nSPS) is 20.6. The Bertz CT molecular complexity index is 853. The van der Waals surface area contributed by atoms with Gasteiger partial charge in [0.25, 0.3) is 0 Å². The smallest absolute Gasteiger partial charge is 0.244 e. The molecule has 3 N–H and O–H groups in total. The summed E-state index contributed by atoms with van der Waals surface area (Å²) in [6.07, 6.45) is 1.35. The quantitative estimate of drug-likeness (QED) is 0.601. The molecule has 3 rings (SSSR count). The Balaban J connectivity index is 1.76. The van der Waals surface area contributed by atoms with Gasteiger partial charge in [0.1, 0.15) is 17.2 Å². The molecule has 0 amide bonds. The van der Waals surface area contributed by atoms with Crippen LogP contribution in [0.2, 0.25) is 0 Å². The number of amidine groups is 1. The van der Waals surface area contributed by atoms with Gasteiger partial charge in [-0.2, -0.15) is 0 Å². The van der Waals surface area contributed by atoms with E-state index in [4.69, 9.17) is 17.4 Å². The third-order valence-corrected chi connectivity index (χ3v) is 4.05. The number of nitrogens with zero attached hydrogens (tertiary/aromatic N) is 5. The van der Waals surface area contributed by atoms with Gasteiger partial charge >= 0.3 is 0 Å². The highest BCUT2D eigenvalue weighted by Gasteiger charge is 2.29. The molecule has 1 unspecified atom stereocenters. The van der Waals surface area contributed by atoms with Crippen molar-refractivity contribution in [3.05, 3.63) is 24.3 Å². The Morgan fingerprint density at radius 3 is 2.59 bits per heavy atom. The van der Waals surface area contributed by atoms with Gasteiger partial charge in [-0.05, 0) is 24.3 Å². The molecule has 0 spiro atoms. The molecule has 1 aromatic rings. The first-order valence-electron chi connectivity index (χ1n) is 5.97. The van der Waals surface area contributed by atoms with Gasteiger partial charge in [0.15, 0.2) is 6.04 Å². The lowest BCUT2D eigenvalue weighted by molar-refractivity contribution is 0.598. The number of sulfonamides is 1. The topological polar surface area (TPSA) is 134 Å². The lowest BCUT2D eigenvalue weighted by Crippen LogP contribution is -2.34. The monoisotopic (exact) mass is 335 g/mol. The number of thiocarbonyl (C=S) groups is 1. The van der Waals surface area contributed by atoms with E-state index in [1.165, 1.54) is 30.6 Å². The summed E-state index contributed by atoms with van der Waals surface area (Å²) >= 11 is 5.06. The van der Waals surface area contributed by atoms with E-state index in [0.717, 1.165) is 0 Å². The van der Waals surface area contributed by atoms with Crippen molar-refractivity contribution < 1.29 is 8.42 Å². The summed E-state index contributed by atoms with van der Waals surface area (Å²) in [5, 5.41) is 15.8. The van der Waals surface area contributed by atoms with Crippen LogP contribution in [0.3, 0.4) is 0 Å². The summed E-state index contributed by atoms with van der Waals surface area (Å²) in [7, 11) is -3.72. The number of primary sulfonamides is 1. The molecule has 9 nitrogen and oxygen atoms in total. The number of hydrogen-bond acceptors (Lipinski definition) is 8. The zero-order chi connectivity index (χ0) is 15.7. The van der Waals surface area contributed by atoms with E-state index < -0.39 is 16.1 Å². The molecule has 0 radical (unpaired) electrons. The Morgan fingerprint density at radius 1 is 1.23 bits per heavy atom. The van der Waals surface area contributed by atoms with Crippen LogP contribution in [0.15, 0.2) is 54.4 Å². The van der Waals surface area contributed by atoms with Gasteiger partial charge < -0.3 is 5.32 Å². The van der Waals surface area contributed by atoms with Crippen molar-refractivity contribution >= 4 is 51.1 Å². The minimum atomic E-state index is -3.72. The molecule has 0 fully saturated rings. The number of benzene rings is 1. The first-order valence-corrected chi connectivity index (χ1v) is 7.92. The maximum atomic E-state index is 11.1. The minimum Gasteiger partial charge on any atom is -0.309 e. The maximum absolute atomic E-state index is 11.1. The van der Waals surface area contributed by atoms with Crippen LogP contribution in [-0.2, 0) is 10.0 Å². The van der Waals surface area contributed by atoms with E-state index in [9.17, 15) is 8.42 Å². The van der Waals surface area contributed by atoms with Crippen LogP contribution in [0.1, 0.15) is 0 Å². The van der Waals surface area contributed by atoms with E-state index >= 15 is 0 Å². The molecule has 1 aromatic carbocycles. The number of rotatable bonds is 2. The average Bonchev–Trinajstić information content (AvgIpc) is 2.89. The fourth-order valence-corrected chi connectivity index (χ4v) is 2.48. The molecular formula is C11H9N7O2S2. The predicted octanol–water partition coefficient (Wildman–Crippen LogP) is 0.513. The second-order valence-corrected chi connectivity index (χ2v) is 6.30. The average molecular weight is 335 g/mol. The molecule has 0 saturated heterocycles. The number of fused-ring (bicyclic) bond motifs is 1. The van der Waals surface area contributed by atoms with Crippen molar-refractivity contribution in [2.24, 2.45) is 30.3 Å². The molecule has 2 heterocycles. The first kappa shape index (κ1) is 14.6. The SMILES string of the molecule is NS(=O)(=O)c1ccc(N=NC2=NC3C(=S)N=CN=C3N2)cc1. The second-order valence-electron chi connectivity index (χ2n) is 4.32. The predicted molar refractivity (Wildman–Crippen MR) is 85.2 cm³/mol. The van der Waals surface area contributed by atoms with Gasteiger partial charge in [-0.15, -0.1) is 10.2 Å². The summed E-state index contributed by atoms with van der Waals surface area (Å²) in [5.74, 6) is 0.811. The lowest BCUT2D eigenvalue weighted by atomic mass is 10.3. The second kappa shape index (κ2) is 5.44. The number of aliphatic imine (C=N–C) groups is 3. The number of nitrogens with two attached hydrogens (primary N) is 1. The van der Waals surface area contributed by atoms with Crippen molar-refractivity contribution in [1.29, 1.82) is 0 Å². The number of hydrogen-bond donors (Lipinski definition) is 2. The van der Waals surface area contributed by atoms with Gasteiger partial charge in [0, 0.05) is 0 Å². The fraction of sp³-hybridized carbons (Fsp3) is 0.0909. The van der Waals surface area contributed by atoms with Crippen LogP contribution in [0, 0.1) is 0 Å². The number of nitrogens with one attached hydrogen (secondary N) is 1. The maximum Gasteiger partial charge on any atom is 0.244 e. The Labute approximate surface area is 130 Å². The summed E-state index contributed by atoms with van der Waals surface area (Å²) in [6, 6.07) is 5.23. The van der Waals surface area contributed by atoms with Gasteiger partial charge in [0.2, 0.25) is 16.0 Å². The molecule has 2 aliphatic rings. The standard InChI is InChI=1S/C11H9N7O2S2/c12-22(19,20)7-3-1-6(2-4-7)17-18-11-15-8-9(16-11)13-5-14-10(8)21/h1-5,8H,(H2,12,19,20)(H,13,14,15,16,21). The van der Waals surface area contributed by atoms with E-state index in [1.807, 2.05) is 0 Å². The molecule has 0 aliphatic carbocycles. The highest BCUT2D eigenvalue weighted by atomic mass is 32.2. The Hall–Kier alpha value is -2.37. The first-order chi connectivity index (χ1) is 10.4. The summed E-state index contributed by atoms with van der Waals surface area (Å²) in [4.78, 5) is 12.5. The fourth-order valence-electron chi connectivity index (χ4n) is 1.75. The summed E-state index contributed by atoms with van der Waals surface area (Å²) < 4.78 is 22.3. The van der Waals surface area contributed by atoms with Crippen molar-refractivity contribution in [1.82, 2.24) is 5.32 Å². The van der Waals surface area contributed by atoms with Gasteiger partial charge in [-0.25, -0.2) is 28.5 Å². The zero-order valence-corrected chi connectivity index (χ0v) is 12.5. The molecule has 0 bridgehead atoms. The van der Waals surface area contributed by atoms with Crippen LogP contribution in [-0.4, -0.2) is 37.6 Å². The van der Waals surface area contributed by atoms with Crippen LogP contribution < -0.4 is 10.5 Å². The largest absolute Gasteiger partial charge is 0.309 e. The molecule has 22 heavy (non-hydrogen) atoms.